The lowest BCUT2D eigenvalue weighted by molar-refractivity contribution is -0.146. The highest BCUT2D eigenvalue weighted by molar-refractivity contribution is 6.05. The van der Waals surface area contributed by atoms with Crippen molar-refractivity contribution < 1.29 is 24.3 Å². The number of piperazine rings is 1. The molecule has 8 heterocycles. The number of hydrogen-bond donors (Lipinski definition) is 6. The van der Waals surface area contributed by atoms with Gasteiger partial charge in [0, 0.05) is 93.5 Å². The summed E-state index contributed by atoms with van der Waals surface area (Å²) < 4.78 is 0. The summed E-state index contributed by atoms with van der Waals surface area (Å²) in [5.74, 6) is -0.799. The Morgan fingerprint density at radius 3 is 2.32 bits per heavy atom. The number of rotatable bonds is 6. The molecule has 16 nitrogen and oxygen atoms in total. The van der Waals surface area contributed by atoms with Crippen molar-refractivity contribution in [3.63, 3.8) is 0 Å². The van der Waals surface area contributed by atoms with Gasteiger partial charge in [-0.05, 0) is 137 Å². The Balaban J connectivity index is 0.638. The summed E-state index contributed by atoms with van der Waals surface area (Å²) in [6.45, 7) is 9.76. The number of aliphatic hydroxyl groups is 1. The van der Waals surface area contributed by atoms with Gasteiger partial charge in [0.1, 0.15) is 12.3 Å². The fraction of sp³-hybridized carbons (Fsp3) is 0.640. The molecule has 354 valence electrons. The molecule has 7 fully saturated rings. The third-order valence-electron chi connectivity index (χ3n) is 17.2. The number of carbonyl (C=O) groups excluding carboxylic acids is 4. The van der Waals surface area contributed by atoms with E-state index in [0.717, 1.165) is 81.9 Å². The van der Waals surface area contributed by atoms with Crippen LogP contribution in [0.25, 0.3) is 0 Å². The Morgan fingerprint density at radius 2 is 1.55 bits per heavy atom. The summed E-state index contributed by atoms with van der Waals surface area (Å²) in [6, 6.07) is 15.0. The molecule has 2 bridgehead atoms. The lowest BCUT2D eigenvalue weighted by Gasteiger charge is -2.49. The van der Waals surface area contributed by atoms with Gasteiger partial charge in [0.05, 0.1) is 30.4 Å². The average Bonchev–Trinajstić information content (AvgIpc) is 3.80. The molecule has 9 aliphatic rings. The molecule has 8 aliphatic heterocycles. The minimum atomic E-state index is -0.805. The molecule has 66 heavy (non-hydrogen) atoms. The number of imide groups is 1. The molecule has 6 saturated heterocycles. The highest BCUT2D eigenvalue weighted by atomic mass is 16.3. The Kier molecular flexibility index (Phi) is 11.9. The normalized spacial score (nSPS) is 33.8. The second kappa shape index (κ2) is 17.8. The second-order valence-corrected chi connectivity index (χ2v) is 21.1. The molecule has 2 aromatic carbocycles. The van der Waals surface area contributed by atoms with E-state index in [2.05, 4.69) is 94.8 Å². The predicted octanol–water partition coefficient (Wildman–Crippen LogP) is 3.26. The van der Waals surface area contributed by atoms with Crippen LogP contribution < -0.4 is 36.4 Å². The number of amides is 4. The van der Waals surface area contributed by atoms with E-state index in [1.807, 2.05) is 18.0 Å². The lowest BCUT2D eigenvalue weighted by atomic mass is 9.66. The maximum Gasteiger partial charge on any atom is 0.255 e. The number of nitrogens with one attached hydrogen (secondary N) is 5. The first kappa shape index (κ1) is 44.0. The molecule has 1 spiro atoms. The van der Waals surface area contributed by atoms with Crippen molar-refractivity contribution in [2.45, 2.75) is 139 Å². The van der Waals surface area contributed by atoms with Gasteiger partial charge in [-0.3, -0.25) is 50.4 Å². The van der Waals surface area contributed by atoms with Crippen LogP contribution >= 0.6 is 0 Å². The van der Waals surface area contributed by atoms with Crippen LogP contribution in [0.2, 0.25) is 0 Å². The van der Waals surface area contributed by atoms with E-state index in [0.29, 0.717) is 49.5 Å². The molecule has 2 aromatic rings. The fourth-order valence-electron chi connectivity index (χ4n) is 13.1. The molecular formula is C50H69N11O5. The molecule has 0 radical (unpaired) electrons. The van der Waals surface area contributed by atoms with E-state index >= 15 is 0 Å². The fourth-order valence-corrected chi connectivity index (χ4v) is 13.1. The van der Waals surface area contributed by atoms with Gasteiger partial charge in [0.2, 0.25) is 17.7 Å². The van der Waals surface area contributed by atoms with Crippen molar-refractivity contribution in [1.82, 2.24) is 41.1 Å². The SMILES string of the molecule is C[C@@]1(O)CC/C=C\CN2C(=O)C3CNC(Nc4ccc(N5CCN(C6CCC7(CC6)CCN(c6ccc8c(c6)CN(C6CCC(=O)NC6=O)C8=O)CC7)CC5)cc4)NC3N2C2CCCC1N2. The smallest absolute Gasteiger partial charge is 0.255 e. The van der Waals surface area contributed by atoms with Crippen LogP contribution in [0.15, 0.2) is 54.6 Å². The van der Waals surface area contributed by atoms with Gasteiger partial charge in [0.25, 0.3) is 5.91 Å². The minimum absolute atomic E-state index is 0.0162. The minimum Gasteiger partial charge on any atom is -0.389 e. The Labute approximate surface area is 388 Å². The van der Waals surface area contributed by atoms with Crippen LogP contribution in [0.3, 0.4) is 0 Å². The molecule has 7 atom stereocenters. The Morgan fingerprint density at radius 1 is 0.788 bits per heavy atom. The zero-order valence-corrected chi connectivity index (χ0v) is 38.6. The van der Waals surface area contributed by atoms with Crippen LogP contribution in [0.1, 0.15) is 106 Å². The molecule has 6 N–H and O–H groups in total. The third kappa shape index (κ3) is 8.40. The maximum absolute atomic E-state index is 13.8. The number of hydrazine groups is 1. The molecule has 1 saturated carbocycles. The molecule has 1 aliphatic carbocycles. The Hall–Kier alpha value is -4.58. The van der Waals surface area contributed by atoms with Crippen molar-refractivity contribution in [2.75, 3.05) is 67.5 Å². The number of benzene rings is 2. The van der Waals surface area contributed by atoms with E-state index in [9.17, 15) is 24.3 Å². The van der Waals surface area contributed by atoms with Gasteiger partial charge in [-0.2, -0.15) is 5.01 Å². The van der Waals surface area contributed by atoms with E-state index in [-0.39, 0.29) is 60.6 Å². The van der Waals surface area contributed by atoms with Gasteiger partial charge < -0.3 is 25.1 Å². The van der Waals surface area contributed by atoms with Crippen LogP contribution in [0, 0.1) is 11.3 Å². The average molecular weight is 904 g/mol. The molecule has 0 aromatic heterocycles. The van der Waals surface area contributed by atoms with Gasteiger partial charge in [-0.15, -0.1) is 0 Å². The molecule has 4 amide bonds. The first-order valence-corrected chi connectivity index (χ1v) is 25.1. The molecule has 6 unspecified atom stereocenters. The third-order valence-corrected chi connectivity index (χ3v) is 17.2. The number of fused-ring (bicyclic) bond motifs is 7. The van der Waals surface area contributed by atoms with Gasteiger partial charge in [-0.1, -0.05) is 12.2 Å². The number of carbonyl (C=O) groups is 4. The van der Waals surface area contributed by atoms with Gasteiger partial charge in [0.15, 0.2) is 0 Å². The Bertz CT molecular complexity index is 2190. The van der Waals surface area contributed by atoms with Crippen molar-refractivity contribution in [2.24, 2.45) is 11.3 Å². The molecule has 16 heteroatoms. The lowest BCUT2D eigenvalue weighted by Crippen LogP contribution is -2.69. The van der Waals surface area contributed by atoms with Crippen LogP contribution in [0.4, 0.5) is 17.1 Å². The van der Waals surface area contributed by atoms with Crippen molar-refractivity contribution in [3.05, 3.63) is 65.7 Å². The highest BCUT2D eigenvalue weighted by Gasteiger charge is 2.53. The van der Waals surface area contributed by atoms with Gasteiger partial charge in [-0.25, -0.2) is 0 Å². The zero-order valence-electron chi connectivity index (χ0n) is 38.6. The van der Waals surface area contributed by atoms with Crippen LogP contribution in [-0.2, 0) is 20.9 Å². The van der Waals surface area contributed by atoms with Crippen molar-refractivity contribution >= 4 is 40.7 Å². The summed E-state index contributed by atoms with van der Waals surface area (Å²) in [7, 11) is 0. The highest BCUT2D eigenvalue weighted by Crippen LogP contribution is 2.47. The van der Waals surface area contributed by atoms with Crippen molar-refractivity contribution in [3.8, 4) is 0 Å². The molecule has 11 rings (SSSR count). The number of allylic oxidation sites excluding steroid dienone is 1. The number of piperidine rings is 3. The number of hydrogen-bond acceptors (Lipinski definition) is 13. The first-order valence-electron chi connectivity index (χ1n) is 25.1. The summed E-state index contributed by atoms with van der Waals surface area (Å²) >= 11 is 0. The van der Waals surface area contributed by atoms with E-state index in [4.69, 9.17) is 0 Å². The summed E-state index contributed by atoms with van der Waals surface area (Å²) in [4.78, 5) is 60.7. The van der Waals surface area contributed by atoms with Crippen LogP contribution in [0.5, 0.6) is 0 Å². The van der Waals surface area contributed by atoms with Crippen molar-refractivity contribution in [1.29, 1.82) is 0 Å². The monoisotopic (exact) mass is 904 g/mol. The number of nitrogens with zero attached hydrogens (tertiary/aromatic N) is 6. The first-order chi connectivity index (χ1) is 32.0. The van der Waals surface area contributed by atoms with E-state index in [1.54, 1.807) is 4.90 Å². The van der Waals surface area contributed by atoms with Crippen LogP contribution in [-0.4, -0.2) is 143 Å². The predicted molar refractivity (Wildman–Crippen MR) is 252 cm³/mol. The number of anilines is 3. The standard InChI is InChI=1S/C50H69N11O5/c1-49(66)18-3-2-4-23-60-47(65)39-31-51-48(55-44(39)61(60)42-7-5-6-41(49)53-42)52-34-8-10-35(11-9-34)57-26-28-58(29-27-57)36-16-19-50(20-17-36)21-24-56(25-22-50)37-12-13-38-33(30-37)32-59(46(38)64)40-14-15-43(62)54-45(40)63/h2,4,8-13,30,36,39-42,44,48,51-53,55,66H,3,5-7,14-29,31-32H2,1H3,(H,54,62,63)/b4-2-/t39?,40?,41?,42?,44?,48?,49-/m1/s1. The van der Waals surface area contributed by atoms with Gasteiger partial charge >= 0.3 is 0 Å². The maximum atomic E-state index is 13.8. The topological polar surface area (TPSA) is 168 Å². The second-order valence-electron chi connectivity index (χ2n) is 21.1. The zero-order chi connectivity index (χ0) is 45.2. The van der Waals surface area contributed by atoms with E-state index < -0.39 is 11.6 Å². The quantitative estimate of drug-likeness (QED) is 0.185. The summed E-state index contributed by atoms with van der Waals surface area (Å²) in [5.41, 5.74) is 4.70. The molecular weight excluding hydrogens is 835 g/mol. The largest absolute Gasteiger partial charge is 0.389 e. The summed E-state index contributed by atoms with van der Waals surface area (Å²) in [6.07, 6.45) is 16.3. The summed E-state index contributed by atoms with van der Waals surface area (Å²) in [5, 5.41) is 32.7. The van der Waals surface area contributed by atoms with E-state index in [1.165, 1.54) is 44.2 Å².